The zero-order valence-corrected chi connectivity index (χ0v) is 10.2. The normalized spacial score (nSPS) is 19.0. The van der Waals surface area contributed by atoms with Gasteiger partial charge in [-0.1, -0.05) is 60.3 Å². The molecule has 0 saturated heterocycles. The van der Waals surface area contributed by atoms with Crippen LogP contribution in [0.25, 0.3) is 0 Å². The van der Waals surface area contributed by atoms with Gasteiger partial charge in [-0.25, -0.2) is 0 Å². The van der Waals surface area contributed by atoms with Crippen LogP contribution in [0.2, 0.25) is 5.54 Å². The first-order chi connectivity index (χ1) is 7.27. The quantitative estimate of drug-likeness (QED) is 0.554. The maximum Gasteiger partial charge on any atom is 0.220 e. The number of allylic oxidation sites excluding steroid dienone is 4. The van der Waals surface area contributed by atoms with Crippen LogP contribution in [0.4, 0.5) is 0 Å². The van der Waals surface area contributed by atoms with Crippen molar-refractivity contribution in [3.8, 4) is 0 Å². The minimum atomic E-state index is -2.10. The number of rotatable bonds is 3. The maximum atomic E-state index is 6.77. The van der Waals surface area contributed by atoms with Crippen LogP contribution < -0.4 is 5.19 Å². The van der Waals surface area contributed by atoms with Gasteiger partial charge in [0.25, 0.3) is 0 Å². The molecule has 0 aromatic heterocycles. The molecule has 1 atom stereocenters. The van der Waals surface area contributed by atoms with E-state index in [4.69, 9.17) is 11.1 Å². The van der Waals surface area contributed by atoms with Crippen LogP contribution in [0.15, 0.2) is 66.9 Å². The molecule has 1 unspecified atom stereocenters. The summed E-state index contributed by atoms with van der Waals surface area (Å²) in [5.41, 5.74) is 2.29. The lowest BCUT2D eigenvalue weighted by molar-refractivity contribution is 1.36. The lowest BCUT2D eigenvalue weighted by Gasteiger charge is -2.25. The molecule has 0 aliphatic heterocycles. The minimum absolute atomic E-state index is 0.332. The lowest BCUT2D eigenvalue weighted by Crippen LogP contribution is -2.43. The molecule has 1 aromatic rings. The smallest absolute Gasteiger partial charge is 0.154 e. The van der Waals surface area contributed by atoms with Crippen molar-refractivity contribution in [2.24, 2.45) is 0 Å². The monoisotopic (exact) mass is 232 g/mol. The Hall–Kier alpha value is -1.05. The zero-order valence-electron chi connectivity index (χ0n) is 8.44. The van der Waals surface area contributed by atoms with Gasteiger partial charge in [-0.2, -0.15) is 11.1 Å². The molecule has 76 valence electrons. The van der Waals surface area contributed by atoms with Gasteiger partial charge in [0.2, 0.25) is 7.38 Å². The maximum absolute atomic E-state index is 6.77. The minimum Gasteiger partial charge on any atom is -0.154 e. The highest BCUT2D eigenvalue weighted by Gasteiger charge is 2.36. The molecule has 0 spiro atoms. The Balaban J connectivity index is 2.41. The second-order valence-corrected chi connectivity index (χ2v) is 8.70. The molecule has 1 aliphatic carbocycles. The molecular formula is C13H13ClSi. The van der Waals surface area contributed by atoms with E-state index < -0.39 is 7.38 Å². The standard InChI is InChI=1S/C13H13ClSi/c1-2-15(14,13-10-6-7-11-13)12-8-4-3-5-9-12/h2-11,13H,1H2. The molecule has 0 radical (unpaired) electrons. The number of benzene rings is 1. The van der Waals surface area contributed by atoms with Gasteiger partial charge in [0, 0.05) is 5.54 Å². The molecule has 0 N–H and O–H groups in total. The molecule has 1 aromatic carbocycles. The van der Waals surface area contributed by atoms with E-state index in [-0.39, 0.29) is 0 Å². The molecule has 0 heterocycles. The fourth-order valence-electron chi connectivity index (χ4n) is 1.85. The van der Waals surface area contributed by atoms with Crippen LogP contribution in [0.1, 0.15) is 0 Å². The zero-order chi connectivity index (χ0) is 10.7. The van der Waals surface area contributed by atoms with Crippen LogP contribution in [0.5, 0.6) is 0 Å². The summed E-state index contributed by atoms with van der Waals surface area (Å²) in [4.78, 5) is 0. The van der Waals surface area contributed by atoms with E-state index in [9.17, 15) is 0 Å². The highest BCUT2D eigenvalue weighted by atomic mass is 35.6. The van der Waals surface area contributed by atoms with Crippen LogP contribution in [-0.2, 0) is 0 Å². The van der Waals surface area contributed by atoms with E-state index in [0.29, 0.717) is 5.54 Å². The van der Waals surface area contributed by atoms with E-state index in [1.807, 2.05) is 23.9 Å². The van der Waals surface area contributed by atoms with Crippen molar-refractivity contribution >= 4 is 23.6 Å². The van der Waals surface area contributed by atoms with Crippen LogP contribution in [0.3, 0.4) is 0 Å². The van der Waals surface area contributed by atoms with Gasteiger partial charge in [-0.3, -0.25) is 0 Å². The predicted molar refractivity (Wildman–Crippen MR) is 69.9 cm³/mol. The van der Waals surface area contributed by atoms with Gasteiger partial charge in [0.05, 0.1) is 0 Å². The van der Waals surface area contributed by atoms with Crippen LogP contribution in [0, 0.1) is 0 Å². The average molecular weight is 233 g/mol. The molecule has 0 saturated carbocycles. The van der Waals surface area contributed by atoms with Crippen molar-refractivity contribution < 1.29 is 0 Å². The largest absolute Gasteiger partial charge is 0.220 e. The van der Waals surface area contributed by atoms with E-state index in [1.165, 1.54) is 5.19 Å². The molecule has 1 aliphatic rings. The van der Waals surface area contributed by atoms with Gasteiger partial charge >= 0.3 is 0 Å². The van der Waals surface area contributed by atoms with Crippen molar-refractivity contribution in [1.29, 1.82) is 0 Å². The van der Waals surface area contributed by atoms with Gasteiger partial charge in [0.15, 0.2) is 0 Å². The van der Waals surface area contributed by atoms with Gasteiger partial charge in [0.1, 0.15) is 0 Å². The number of hydrogen-bond donors (Lipinski definition) is 0. The van der Waals surface area contributed by atoms with E-state index >= 15 is 0 Å². The van der Waals surface area contributed by atoms with E-state index in [2.05, 4.69) is 43.0 Å². The van der Waals surface area contributed by atoms with Crippen molar-refractivity contribution in [2.45, 2.75) is 5.54 Å². The summed E-state index contributed by atoms with van der Waals surface area (Å²) in [5, 5.41) is 1.22. The first-order valence-corrected chi connectivity index (χ1v) is 8.17. The first kappa shape index (κ1) is 10.5. The fraction of sp³-hybridized carbons (Fsp3) is 0.0769. The molecule has 0 amide bonds. The molecule has 15 heavy (non-hydrogen) atoms. The number of halogens is 1. The fourth-order valence-corrected chi connectivity index (χ4v) is 5.04. The van der Waals surface area contributed by atoms with Crippen molar-refractivity contribution in [3.63, 3.8) is 0 Å². The topological polar surface area (TPSA) is 0 Å². The van der Waals surface area contributed by atoms with Gasteiger partial charge in [-0.05, 0) is 5.19 Å². The Morgan fingerprint density at radius 3 is 2.27 bits per heavy atom. The number of hydrogen-bond acceptors (Lipinski definition) is 0. The summed E-state index contributed by atoms with van der Waals surface area (Å²) in [7, 11) is -2.10. The summed E-state index contributed by atoms with van der Waals surface area (Å²) in [6, 6.07) is 10.3. The first-order valence-electron chi connectivity index (χ1n) is 5.00. The second kappa shape index (κ2) is 4.21. The third-order valence-electron chi connectivity index (χ3n) is 2.75. The molecule has 0 bridgehead atoms. The van der Waals surface area contributed by atoms with Gasteiger partial charge in [-0.15, -0.1) is 6.58 Å². The lowest BCUT2D eigenvalue weighted by atomic mass is 10.4. The molecular weight excluding hydrogens is 220 g/mol. The van der Waals surface area contributed by atoms with Crippen molar-refractivity contribution in [3.05, 3.63) is 66.9 Å². The summed E-state index contributed by atoms with van der Waals surface area (Å²) < 4.78 is 0. The molecule has 2 rings (SSSR count). The predicted octanol–water partition coefficient (Wildman–Crippen LogP) is 3.30. The van der Waals surface area contributed by atoms with Crippen LogP contribution >= 0.6 is 11.1 Å². The summed E-state index contributed by atoms with van der Waals surface area (Å²) in [5.74, 6) is 0. The van der Waals surface area contributed by atoms with E-state index in [0.717, 1.165) is 0 Å². The summed E-state index contributed by atoms with van der Waals surface area (Å²) >= 11 is 6.77. The Morgan fingerprint density at radius 1 is 1.13 bits per heavy atom. The van der Waals surface area contributed by atoms with Crippen LogP contribution in [-0.4, -0.2) is 7.38 Å². The Kier molecular flexibility index (Phi) is 2.94. The van der Waals surface area contributed by atoms with E-state index in [1.54, 1.807) is 0 Å². The van der Waals surface area contributed by atoms with Crippen molar-refractivity contribution in [2.75, 3.05) is 0 Å². The van der Waals surface area contributed by atoms with Crippen molar-refractivity contribution in [1.82, 2.24) is 0 Å². The Morgan fingerprint density at radius 2 is 1.73 bits per heavy atom. The molecule has 2 heteroatoms. The summed E-state index contributed by atoms with van der Waals surface area (Å²) in [6.45, 7) is 3.92. The Labute approximate surface area is 96.3 Å². The second-order valence-electron chi connectivity index (χ2n) is 3.63. The Bertz CT molecular complexity index is 396. The highest BCUT2D eigenvalue weighted by Crippen LogP contribution is 2.32. The third-order valence-corrected chi connectivity index (χ3v) is 7.79. The third kappa shape index (κ3) is 1.85. The van der Waals surface area contributed by atoms with Gasteiger partial charge < -0.3 is 0 Å². The SMILES string of the molecule is C=C[Si](Cl)(c1ccccc1)C1C=CC=C1. The highest BCUT2D eigenvalue weighted by molar-refractivity contribution is 7.31. The molecule has 0 fully saturated rings. The molecule has 0 nitrogen and oxygen atoms in total. The average Bonchev–Trinajstić information content (AvgIpc) is 2.83. The summed E-state index contributed by atoms with van der Waals surface area (Å²) in [6.07, 6.45) is 8.43.